The fraction of sp³-hybridized carbons (Fsp3) is 0.833. The molecule has 1 heterocycles. The van der Waals surface area contributed by atoms with Crippen molar-refractivity contribution in [1.29, 1.82) is 0 Å². The summed E-state index contributed by atoms with van der Waals surface area (Å²) in [6.45, 7) is 3.05. The van der Waals surface area contributed by atoms with Gasteiger partial charge in [0.2, 0.25) is 5.91 Å². The highest BCUT2D eigenvalue weighted by molar-refractivity contribution is 5.90. The smallest absolute Gasteiger partial charge is 0.326 e. The predicted octanol–water partition coefficient (Wildman–Crippen LogP) is 0.125. The van der Waals surface area contributed by atoms with Crippen molar-refractivity contribution >= 4 is 11.9 Å². The molecule has 2 unspecified atom stereocenters. The summed E-state index contributed by atoms with van der Waals surface area (Å²) in [6.07, 6.45) is 2.63. The molecule has 1 saturated heterocycles. The van der Waals surface area contributed by atoms with E-state index in [0.717, 1.165) is 19.4 Å². The monoisotopic (exact) mass is 258 g/mol. The van der Waals surface area contributed by atoms with E-state index in [0.29, 0.717) is 13.0 Å². The van der Waals surface area contributed by atoms with Crippen LogP contribution in [0.15, 0.2) is 0 Å². The molecule has 0 aromatic rings. The van der Waals surface area contributed by atoms with Crippen LogP contribution in [0.5, 0.6) is 0 Å². The number of aliphatic carboxylic acids is 1. The Labute approximate surface area is 107 Å². The van der Waals surface area contributed by atoms with Crippen LogP contribution in [-0.4, -0.2) is 48.8 Å². The highest BCUT2D eigenvalue weighted by Crippen LogP contribution is 2.23. The molecule has 0 aromatic heterocycles. The third kappa shape index (κ3) is 3.43. The molecule has 0 spiro atoms. The number of rotatable bonds is 7. The molecular formula is C12H22N2O4. The number of ether oxygens (including phenoxy) is 1. The lowest BCUT2D eigenvalue weighted by atomic mass is 9.92. The van der Waals surface area contributed by atoms with Gasteiger partial charge in [-0.05, 0) is 25.8 Å². The van der Waals surface area contributed by atoms with Crippen molar-refractivity contribution in [1.82, 2.24) is 10.6 Å². The first-order valence-corrected chi connectivity index (χ1v) is 6.33. The van der Waals surface area contributed by atoms with E-state index in [-0.39, 0.29) is 12.3 Å². The molecule has 0 aliphatic carbocycles. The lowest BCUT2D eigenvalue weighted by Crippen LogP contribution is -2.56. The largest absolute Gasteiger partial charge is 0.480 e. The molecule has 1 aliphatic rings. The van der Waals surface area contributed by atoms with Crippen LogP contribution in [-0.2, 0) is 14.3 Å². The Morgan fingerprint density at radius 3 is 2.72 bits per heavy atom. The molecule has 0 radical (unpaired) electrons. The second kappa shape index (κ2) is 6.70. The summed E-state index contributed by atoms with van der Waals surface area (Å²) in [6, 6.07) is -0.886. The number of carbonyl (C=O) groups excluding carboxylic acids is 1. The van der Waals surface area contributed by atoms with Crippen molar-refractivity contribution in [2.75, 3.05) is 20.3 Å². The SMILES string of the molecule is CCC1(C(=O)NC(CCOC)C(=O)O)CCCN1. The van der Waals surface area contributed by atoms with Crippen molar-refractivity contribution in [3.63, 3.8) is 0 Å². The van der Waals surface area contributed by atoms with Gasteiger partial charge in [-0.3, -0.25) is 4.79 Å². The van der Waals surface area contributed by atoms with Crippen molar-refractivity contribution in [2.24, 2.45) is 0 Å². The summed E-state index contributed by atoms with van der Waals surface area (Å²) in [5.41, 5.74) is -0.596. The Morgan fingerprint density at radius 2 is 2.28 bits per heavy atom. The van der Waals surface area contributed by atoms with Crippen LogP contribution in [0.1, 0.15) is 32.6 Å². The molecule has 1 rings (SSSR count). The first-order chi connectivity index (χ1) is 8.55. The van der Waals surface area contributed by atoms with Crippen LogP contribution in [0, 0.1) is 0 Å². The van der Waals surface area contributed by atoms with Gasteiger partial charge >= 0.3 is 5.97 Å². The molecule has 1 fully saturated rings. The Hall–Kier alpha value is -1.14. The highest BCUT2D eigenvalue weighted by Gasteiger charge is 2.40. The van der Waals surface area contributed by atoms with Crippen LogP contribution in [0.2, 0.25) is 0 Å². The highest BCUT2D eigenvalue weighted by atomic mass is 16.5. The molecule has 3 N–H and O–H groups in total. The van der Waals surface area contributed by atoms with E-state index in [1.165, 1.54) is 7.11 Å². The average Bonchev–Trinajstić information content (AvgIpc) is 2.83. The first kappa shape index (κ1) is 14.9. The third-order valence-electron chi connectivity index (χ3n) is 3.50. The molecule has 18 heavy (non-hydrogen) atoms. The van der Waals surface area contributed by atoms with Gasteiger partial charge in [-0.25, -0.2) is 4.79 Å². The minimum Gasteiger partial charge on any atom is -0.480 e. The molecule has 0 aromatic carbocycles. The molecule has 2 atom stereocenters. The van der Waals surface area contributed by atoms with Crippen LogP contribution < -0.4 is 10.6 Å². The minimum atomic E-state index is -1.02. The molecule has 6 heteroatoms. The van der Waals surface area contributed by atoms with Gasteiger partial charge in [-0.2, -0.15) is 0 Å². The predicted molar refractivity (Wildman–Crippen MR) is 66.3 cm³/mol. The Balaban J connectivity index is 2.62. The van der Waals surface area contributed by atoms with Crippen molar-refractivity contribution < 1.29 is 19.4 Å². The normalized spacial score (nSPS) is 24.8. The van der Waals surface area contributed by atoms with E-state index in [4.69, 9.17) is 9.84 Å². The van der Waals surface area contributed by atoms with Gasteiger partial charge in [-0.15, -0.1) is 0 Å². The Bertz CT molecular complexity index is 300. The van der Waals surface area contributed by atoms with E-state index >= 15 is 0 Å². The zero-order valence-electron chi connectivity index (χ0n) is 11.0. The van der Waals surface area contributed by atoms with Crippen LogP contribution in [0.4, 0.5) is 0 Å². The minimum absolute atomic E-state index is 0.217. The number of hydrogen-bond acceptors (Lipinski definition) is 4. The van der Waals surface area contributed by atoms with Gasteiger partial charge in [0.15, 0.2) is 0 Å². The van der Waals surface area contributed by atoms with Crippen LogP contribution in [0.25, 0.3) is 0 Å². The first-order valence-electron chi connectivity index (χ1n) is 6.33. The molecule has 6 nitrogen and oxygen atoms in total. The summed E-state index contributed by atoms with van der Waals surface area (Å²) in [5.74, 6) is -1.24. The maximum atomic E-state index is 12.2. The zero-order chi connectivity index (χ0) is 13.6. The fourth-order valence-electron chi connectivity index (χ4n) is 2.25. The number of nitrogens with one attached hydrogen (secondary N) is 2. The number of carbonyl (C=O) groups is 2. The number of methoxy groups -OCH3 is 1. The van der Waals surface area contributed by atoms with Crippen molar-refractivity contribution in [3.8, 4) is 0 Å². The van der Waals surface area contributed by atoms with Crippen molar-refractivity contribution in [3.05, 3.63) is 0 Å². The van der Waals surface area contributed by atoms with Gasteiger partial charge in [0, 0.05) is 20.1 Å². The molecule has 1 aliphatic heterocycles. The summed E-state index contributed by atoms with van der Waals surface area (Å²) >= 11 is 0. The number of amides is 1. The third-order valence-corrected chi connectivity index (χ3v) is 3.50. The Kier molecular flexibility index (Phi) is 5.55. The van der Waals surface area contributed by atoms with E-state index in [2.05, 4.69) is 10.6 Å². The lowest BCUT2D eigenvalue weighted by molar-refractivity contribution is -0.143. The summed E-state index contributed by atoms with van der Waals surface area (Å²) < 4.78 is 4.85. The molecule has 0 bridgehead atoms. The number of hydrogen-bond donors (Lipinski definition) is 3. The summed E-state index contributed by atoms with van der Waals surface area (Å²) in [4.78, 5) is 23.3. The van der Waals surface area contributed by atoms with Crippen molar-refractivity contribution in [2.45, 2.75) is 44.2 Å². The number of carboxylic acids is 1. The van der Waals surface area contributed by atoms with Crippen LogP contribution >= 0.6 is 0 Å². The fourth-order valence-corrected chi connectivity index (χ4v) is 2.25. The molecule has 1 amide bonds. The quantitative estimate of drug-likeness (QED) is 0.604. The molecule has 104 valence electrons. The van der Waals surface area contributed by atoms with E-state index in [1.54, 1.807) is 0 Å². The van der Waals surface area contributed by atoms with E-state index in [1.807, 2.05) is 6.92 Å². The zero-order valence-corrected chi connectivity index (χ0v) is 11.0. The maximum absolute atomic E-state index is 12.2. The second-order valence-electron chi connectivity index (χ2n) is 4.61. The van der Waals surface area contributed by atoms with Gasteiger partial charge < -0.3 is 20.5 Å². The van der Waals surface area contributed by atoms with Gasteiger partial charge in [0.1, 0.15) is 6.04 Å². The average molecular weight is 258 g/mol. The van der Waals surface area contributed by atoms with Gasteiger partial charge in [0.25, 0.3) is 0 Å². The maximum Gasteiger partial charge on any atom is 0.326 e. The second-order valence-corrected chi connectivity index (χ2v) is 4.61. The Morgan fingerprint density at radius 1 is 1.56 bits per heavy atom. The lowest BCUT2D eigenvalue weighted by Gasteiger charge is -2.28. The standard InChI is InChI=1S/C12H22N2O4/c1-3-12(6-4-7-13-12)11(17)14-9(10(15)16)5-8-18-2/h9,13H,3-8H2,1-2H3,(H,14,17)(H,15,16). The topological polar surface area (TPSA) is 87.7 Å². The van der Waals surface area contributed by atoms with E-state index < -0.39 is 17.6 Å². The van der Waals surface area contributed by atoms with Gasteiger partial charge in [0.05, 0.1) is 5.54 Å². The van der Waals surface area contributed by atoms with E-state index in [9.17, 15) is 9.59 Å². The van der Waals surface area contributed by atoms with Crippen LogP contribution in [0.3, 0.4) is 0 Å². The van der Waals surface area contributed by atoms with Gasteiger partial charge in [-0.1, -0.05) is 6.92 Å². The molecule has 0 saturated carbocycles. The number of carboxylic acid groups (broad SMARTS) is 1. The summed E-state index contributed by atoms with van der Waals surface area (Å²) in [7, 11) is 1.51. The summed E-state index contributed by atoms with van der Waals surface area (Å²) in [5, 5.41) is 14.8. The molecular weight excluding hydrogens is 236 g/mol.